The Morgan fingerprint density at radius 1 is 0.881 bits per heavy atom. The van der Waals surface area contributed by atoms with Crippen molar-refractivity contribution in [1.82, 2.24) is 9.29 Å². The van der Waals surface area contributed by atoms with Crippen LogP contribution in [0.25, 0.3) is 0 Å². The maximum atomic E-state index is 14.3. The average molecular weight is 612 g/mol. The molecule has 4 rings (SSSR count). The van der Waals surface area contributed by atoms with E-state index in [0.29, 0.717) is 11.5 Å². The number of sulfonamides is 1. The van der Waals surface area contributed by atoms with Crippen molar-refractivity contribution in [1.29, 1.82) is 0 Å². The third-order valence-electron chi connectivity index (χ3n) is 7.17. The van der Waals surface area contributed by atoms with Crippen molar-refractivity contribution in [3.8, 4) is 0 Å². The summed E-state index contributed by atoms with van der Waals surface area (Å²) in [6, 6.07) is 9.83. The van der Waals surface area contributed by atoms with Gasteiger partial charge in [-0.15, -0.1) is 0 Å². The van der Waals surface area contributed by atoms with Gasteiger partial charge in [0, 0.05) is 7.05 Å². The minimum absolute atomic E-state index is 0.0726. The van der Waals surface area contributed by atoms with Crippen molar-refractivity contribution in [2.45, 2.75) is 49.5 Å². The van der Waals surface area contributed by atoms with E-state index in [2.05, 4.69) is 4.98 Å². The summed E-state index contributed by atoms with van der Waals surface area (Å²) in [6.45, 7) is -1.20. The second-order valence-electron chi connectivity index (χ2n) is 9.92. The summed E-state index contributed by atoms with van der Waals surface area (Å²) in [7, 11) is -4.64. The van der Waals surface area contributed by atoms with Gasteiger partial charge in [-0.05, 0) is 42.0 Å². The highest BCUT2D eigenvalue weighted by Crippen LogP contribution is 2.33. The quantitative estimate of drug-likeness (QED) is 0.198. The highest BCUT2D eigenvalue weighted by Gasteiger charge is 2.37. The number of benzene rings is 2. The maximum absolute atomic E-state index is 14.3. The van der Waals surface area contributed by atoms with Crippen LogP contribution >= 0.6 is 0 Å². The van der Waals surface area contributed by atoms with Crippen molar-refractivity contribution < 1.29 is 45.1 Å². The number of rotatable bonds is 9. The third kappa shape index (κ3) is 6.28. The van der Waals surface area contributed by atoms with Gasteiger partial charge in [-0.25, -0.2) is 40.1 Å². The number of likely N-dealkylation sites (N-methyl/N-ethyl adjacent to an activating group) is 1. The Morgan fingerprint density at radius 2 is 1.45 bits per heavy atom. The molecule has 1 aliphatic rings. The van der Waals surface area contributed by atoms with Crippen LogP contribution in [0.1, 0.15) is 59.6 Å². The lowest BCUT2D eigenvalue weighted by atomic mass is 9.84. The first kappa shape index (κ1) is 31.0. The molecule has 0 saturated heterocycles. The lowest BCUT2D eigenvalue weighted by Crippen LogP contribution is -2.41. The predicted octanol–water partition coefficient (Wildman–Crippen LogP) is 5.38. The molecule has 0 spiro atoms. The SMILES string of the molecule is CN(CC(=O)N(Cc1ccc(C2CCCCC2)cc1)c1ccc(C(=O)O)nc1)S(=O)(=O)c1c(F)c(F)c(F)c(F)c1F. The fraction of sp³-hybridized carbons (Fsp3) is 0.321. The Balaban J connectivity index is 1.63. The number of hydrogen-bond acceptors (Lipinski definition) is 5. The number of hydrogen-bond donors (Lipinski definition) is 1. The average Bonchev–Trinajstić information content (AvgIpc) is 2.98. The van der Waals surface area contributed by atoms with Crippen molar-refractivity contribution in [2.24, 2.45) is 0 Å². The molecule has 1 heterocycles. The zero-order valence-corrected chi connectivity index (χ0v) is 23.1. The van der Waals surface area contributed by atoms with Gasteiger partial charge in [0.2, 0.25) is 21.7 Å². The van der Waals surface area contributed by atoms with E-state index in [1.165, 1.54) is 12.5 Å². The highest BCUT2D eigenvalue weighted by atomic mass is 32.2. The fourth-order valence-corrected chi connectivity index (χ4v) is 6.06. The van der Waals surface area contributed by atoms with E-state index in [1.54, 1.807) is 12.1 Å². The molecular formula is C28H26F5N3O5S. The predicted molar refractivity (Wildman–Crippen MR) is 141 cm³/mol. The van der Waals surface area contributed by atoms with Gasteiger partial charge in [-0.3, -0.25) is 4.79 Å². The van der Waals surface area contributed by atoms with E-state index in [-0.39, 0.29) is 22.2 Å². The van der Waals surface area contributed by atoms with Crippen LogP contribution in [-0.4, -0.2) is 48.3 Å². The fourth-order valence-electron chi connectivity index (χ4n) is 4.84. The molecule has 224 valence electrons. The van der Waals surface area contributed by atoms with Crippen LogP contribution in [0, 0.1) is 29.1 Å². The van der Waals surface area contributed by atoms with Gasteiger partial charge < -0.3 is 10.0 Å². The molecule has 1 saturated carbocycles. The van der Waals surface area contributed by atoms with Crippen LogP contribution in [0.3, 0.4) is 0 Å². The van der Waals surface area contributed by atoms with E-state index >= 15 is 0 Å². The summed E-state index contributed by atoms with van der Waals surface area (Å²) in [5, 5.41) is 9.16. The molecule has 2 aromatic carbocycles. The summed E-state index contributed by atoms with van der Waals surface area (Å²) in [6.07, 6.45) is 6.67. The van der Waals surface area contributed by atoms with E-state index in [9.17, 15) is 40.0 Å². The molecule has 14 heteroatoms. The normalized spacial score (nSPS) is 14.3. The second-order valence-corrected chi connectivity index (χ2v) is 11.9. The zero-order chi connectivity index (χ0) is 30.8. The first-order valence-electron chi connectivity index (χ1n) is 12.9. The van der Waals surface area contributed by atoms with Crippen LogP contribution in [0.4, 0.5) is 27.6 Å². The van der Waals surface area contributed by atoms with Gasteiger partial charge in [-0.1, -0.05) is 43.5 Å². The molecule has 1 aliphatic carbocycles. The number of carboxylic acid groups (broad SMARTS) is 1. The molecular weight excluding hydrogens is 585 g/mol. The number of carbonyl (C=O) groups excluding carboxylic acids is 1. The van der Waals surface area contributed by atoms with E-state index in [0.717, 1.165) is 55.5 Å². The zero-order valence-electron chi connectivity index (χ0n) is 22.3. The van der Waals surface area contributed by atoms with Gasteiger partial charge in [0.15, 0.2) is 28.2 Å². The maximum Gasteiger partial charge on any atom is 0.354 e. The monoisotopic (exact) mass is 611 g/mol. The van der Waals surface area contributed by atoms with Crippen LogP contribution < -0.4 is 4.90 Å². The summed E-state index contributed by atoms with van der Waals surface area (Å²) in [5.74, 6) is -14.4. The summed E-state index contributed by atoms with van der Waals surface area (Å²) in [4.78, 5) is 27.4. The molecule has 1 amide bonds. The molecule has 8 nitrogen and oxygen atoms in total. The second kappa shape index (κ2) is 12.5. The first-order valence-corrected chi connectivity index (χ1v) is 14.3. The Kier molecular flexibility index (Phi) is 9.26. The summed E-state index contributed by atoms with van der Waals surface area (Å²) < 4.78 is 95.4. The molecule has 0 aliphatic heterocycles. The number of anilines is 1. The molecule has 0 bridgehead atoms. The molecule has 42 heavy (non-hydrogen) atoms. The minimum atomic E-state index is -5.39. The lowest BCUT2D eigenvalue weighted by molar-refractivity contribution is -0.118. The molecule has 0 atom stereocenters. The third-order valence-corrected chi connectivity index (χ3v) is 9.00. The Bertz CT molecular complexity index is 1570. The van der Waals surface area contributed by atoms with Crippen molar-refractivity contribution in [2.75, 3.05) is 18.5 Å². The highest BCUT2D eigenvalue weighted by molar-refractivity contribution is 7.89. The molecule has 0 radical (unpaired) electrons. The smallest absolute Gasteiger partial charge is 0.354 e. The van der Waals surface area contributed by atoms with Crippen molar-refractivity contribution >= 4 is 27.6 Å². The van der Waals surface area contributed by atoms with Crippen LogP contribution in [0.5, 0.6) is 0 Å². The number of halogens is 5. The Hall–Kier alpha value is -3.91. The number of carbonyl (C=O) groups is 2. The van der Waals surface area contributed by atoms with Gasteiger partial charge in [-0.2, -0.15) is 4.31 Å². The lowest BCUT2D eigenvalue weighted by Gasteiger charge is -2.26. The van der Waals surface area contributed by atoms with E-state index in [1.807, 2.05) is 12.1 Å². The number of nitrogens with zero attached hydrogens (tertiary/aromatic N) is 3. The summed E-state index contributed by atoms with van der Waals surface area (Å²) >= 11 is 0. The molecule has 1 aromatic heterocycles. The summed E-state index contributed by atoms with van der Waals surface area (Å²) in [5.41, 5.74) is 1.50. The number of carboxylic acids is 1. The number of amides is 1. The van der Waals surface area contributed by atoms with Gasteiger partial charge >= 0.3 is 5.97 Å². The van der Waals surface area contributed by atoms with Crippen LogP contribution in [0.2, 0.25) is 0 Å². The van der Waals surface area contributed by atoms with Crippen LogP contribution in [-0.2, 0) is 21.4 Å². The van der Waals surface area contributed by atoms with Gasteiger partial charge in [0.05, 0.1) is 25.0 Å². The Morgan fingerprint density at radius 3 is 1.98 bits per heavy atom. The number of pyridine rings is 1. The molecule has 0 unspecified atom stereocenters. The molecule has 3 aromatic rings. The van der Waals surface area contributed by atoms with Gasteiger partial charge in [0.1, 0.15) is 5.69 Å². The topological polar surface area (TPSA) is 108 Å². The van der Waals surface area contributed by atoms with E-state index in [4.69, 9.17) is 5.11 Å². The van der Waals surface area contributed by atoms with E-state index < -0.39 is 62.4 Å². The number of aromatic nitrogens is 1. The first-order chi connectivity index (χ1) is 19.8. The van der Waals surface area contributed by atoms with Crippen molar-refractivity contribution in [3.05, 3.63) is 88.5 Å². The minimum Gasteiger partial charge on any atom is -0.477 e. The largest absolute Gasteiger partial charge is 0.477 e. The van der Waals surface area contributed by atoms with Crippen LogP contribution in [0.15, 0.2) is 47.5 Å². The molecule has 1 N–H and O–H groups in total. The standard InChI is InChI=1S/C28H26F5N3O5S/c1-35(42(40,41)27-25(32)23(30)22(29)24(31)26(27)33)15-21(37)36(19-11-12-20(28(38)39)34-13-19)14-16-7-9-18(10-8-16)17-5-3-2-4-6-17/h7-13,17H,2-6,14-15H2,1H3,(H,38,39). The Labute approximate surface area is 238 Å². The number of aromatic carboxylic acids is 1. The van der Waals surface area contributed by atoms with Gasteiger partial charge in [0.25, 0.3) is 0 Å². The molecule has 1 fully saturated rings. The van der Waals surface area contributed by atoms with Crippen molar-refractivity contribution in [3.63, 3.8) is 0 Å².